The molecule has 1 saturated heterocycles. The van der Waals surface area contributed by atoms with Crippen LogP contribution in [0.2, 0.25) is 0 Å². The third-order valence-corrected chi connectivity index (χ3v) is 4.26. The molecule has 4 heteroatoms. The van der Waals surface area contributed by atoms with Gasteiger partial charge in [0, 0.05) is 16.7 Å². The van der Waals surface area contributed by atoms with E-state index in [0.29, 0.717) is 0 Å². The van der Waals surface area contributed by atoms with Gasteiger partial charge in [0.1, 0.15) is 0 Å². The van der Waals surface area contributed by atoms with Crippen LogP contribution in [-0.4, -0.2) is 19.0 Å². The van der Waals surface area contributed by atoms with Crippen LogP contribution in [0, 0.1) is 5.41 Å². The molecular weight excluding hydrogens is 304 g/mol. The Bertz CT molecular complexity index is 436. The average Bonchev–Trinajstić information content (AvgIpc) is 2.40. The molecule has 0 saturated carbocycles. The van der Waals surface area contributed by atoms with Crippen LogP contribution in [0.4, 0.5) is 5.69 Å². The summed E-state index contributed by atoms with van der Waals surface area (Å²) in [4.78, 5) is 12.6. The first-order chi connectivity index (χ1) is 9.16. The molecule has 2 rings (SSSR count). The molecule has 0 aromatic heterocycles. The Hall–Kier alpha value is -0.870. The van der Waals surface area contributed by atoms with Gasteiger partial charge < -0.3 is 10.6 Å². The quantitative estimate of drug-likeness (QED) is 0.889. The number of amides is 1. The molecule has 2 N–H and O–H groups in total. The summed E-state index contributed by atoms with van der Waals surface area (Å²) in [6.45, 7) is 3.96. The van der Waals surface area contributed by atoms with Gasteiger partial charge in [0.05, 0.1) is 5.41 Å². The van der Waals surface area contributed by atoms with Gasteiger partial charge in [-0.2, -0.15) is 0 Å². The number of anilines is 1. The molecule has 104 valence electrons. The first-order valence-electron chi connectivity index (χ1n) is 6.94. The van der Waals surface area contributed by atoms with Crippen LogP contribution in [-0.2, 0) is 4.79 Å². The lowest BCUT2D eigenvalue weighted by Gasteiger charge is -2.36. The summed E-state index contributed by atoms with van der Waals surface area (Å²) in [6, 6.07) is 7.76. The molecule has 1 unspecified atom stereocenters. The van der Waals surface area contributed by atoms with E-state index in [4.69, 9.17) is 0 Å². The first-order valence-corrected chi connectivity index (χ1v) is 7.73. The highest BCUT2D eigenvalue weighted by Gasteiger charge is 2.38. The summed E-state index contributed by atoms with van der Waals surface area (Å²) in [6.07, 6.45) is 4.03. The minimum Gasteiger partial charge on any atom is -0.326 e. The van der Waals surface area contributed by atoms with Gasteiger partial charge in [-0.1, -0.05) is 35.3 Å². The molecule has 1 aromatic carbocycles. The Kier molecular flexibility index (Phi) is 4.99. The van der Waals surface area contributed by atoms with Gasteiger partial charge >= 0.3 is 0 Å². The SMILES string of the molecule is CCCC1(C(=O)Nc2cccc(Br)c2)CCCNC1. The van der Waals surface area contributed by atoms with Gasteiger partial charge in [-0.25, -0.2) is 0 Å². The van der Waals surface area contributed by atoms with Crippen molar-refractivity contribution >= 4 is 27.5 Å². The average molecular weight is 325 g/mol. The fraction of sp³-hybridized carbons (Fsp3) is 0.533. The number of hydrogen-bond acceptors (Lipinski definition) is 2. The summed E-state index contributed by atoms with van der Waals surface area (Å²) in [5.41, 5.74) is 0.621. The zero-order chi connectivity index (χ0) is 13.7. The normalized spacial score (nSPS) is 23.1. The van der Waals surface area contributed by atoms with Crippen molar-refractivity contribution in [2.45, 2.75) is 32.6 Å². The summed E-state index contributed by atoms with van der Waals surface area (Å²) >= 11 is 3.43. The van der Waals surface area contributed by atoms with E-state index in [9.17, 15) is 4.79 Å². The van der Waals surface area contributed by atoms with Gasteiger partial charge in [-0.15, -0.1) is 0 Å². The van der Waals surface area contributed by atoms with Crippen molar-refractivity contribution in [2.24, 2.45) is 5.41 Å². The Morgan fingerprint density at radius 1 is 1.53 bits per heavy atom. The zero-order valence-corrected chi connectivity index (χ0v) is 12.9. The number of benzene rings is 1. The molecule has 0 bridgehead atoms. The van der Waals surface area contributed by atoms with E-state index in [2.05, 4.69) is 33.5 Å². The van der Waals surface area contributed by atoms with Crippen LogP contribution in [0.3, 0.4) is 0 Å². The van der Waals surface area contributed by atoms with Crippen molar-refractivity contribution in [1.82, 2.24) is 5.32 Å². The van der Waals surface area contributed by atoms with Gasteiger partial charge in [0.25, 0.3) is 0 Å². The molecule has 1 heterocycles. The summed E-state index contributed by atoms with van der Waals surface area (Å²) in [7, 11) is 0. The second-order valence-corrected chi connectivity index (χ2v) is 6.19. The van der Waals surface area contributed by atoms with Crippen molar-refractivity contribution in [1.29, 1.82) is 0 Å². The lowest BCUT2D eigenvalue weighted by Crippen LogP contribution is -2.48. The Morgan fingerprint density at radius 3 is 3.00 bits per heavy atom. The molecule has 0 radical (unpaired) electrons. The Morgan fingerprint density at radius 2 is 2.37 bits per heavy atom. The van der Waals surface area contributed by atoms with Crippen LogP contribution >= 0.6 is 15.9 Å². The highest BCUT2D eigenvalue weighted by Crippen LogP contribution is 2.33. The molecule has 3 nitrogen and oxygen atoms in total. The summed E-state index contributed by atoms with van der Waals surface area (Å²) < 4.78 is 0.983. The molecule has 19 heavy (non-hydrogen) atoms. The number of nitrogens with one attached hydrogen (secondary N) is 2. The largest absolute Gasteiger partial charge is 0.326 e. The van der Waals surface area contributed by atoms with Gasteiger partial charge in [0.2, 0.25) is 5.91 Å². The summed E-state index contributed by atoms with van der Waals surface area (Å²) in [5, 5.41) is 6.44. The monoisotopic (exact) mass is 324 g/mol. The maximum atomic E-state index is 12.6. The number of piperidine rings is 1. The second kappa shape index (κ2) is 6.53. The van der Waals surface area contributed by atoms with Crippen molar-refractivity contribution in [2.75, 3.05) is 18.4 Å². The maximum absolute atomic E-state index is 12.6. The number of carbonyl (C=O) groups is 1. The molecule has 1 aliphatic rings. The fourth-order valence-electron chi connectivity index (χ4n) is 2.80. The van der Waals surface area contributed by atoms with E-state index in [-0.39, 0.29) is 11.3 Å². The van der Waals surface area contributed by atoms with Crippen molar-refractivity contribution in [3.05, 3.63) is 28.7 Å². The predicted octanol–water partition coefficient (Wildman–Crippen LogP) is 3.56. The van der Waals surface area contributed by atoms with E-state index in [1.54, 1.807) is 0 Å². The lowest BCUT2D eigenvalue weighted by atomic mass is 9.76. The van der Waals surface area contributed by atoms with Crippen LogP contribution < -0.4 is 10.6 Å². The lowest BCUT2D eigenvalue weighted by molar-refractivity contribution is -0.127. The number of rotatable bonds is 4. The van der Waals surface area contributed by atoms with E-state index in [1.807, 2.05) is 24.3 Å². The highest BCUT2D eigenvalue weighted by molar-refractivity contribution is 9.10. The van der Waals surface area contributed by atoms with Crippen molar-refractivity contribution in [3.8, 4) is 0 Å². The molecule has 1 atom stereocenters. The fourth-order valence-corrected chi connectivity index (χ4v) is 3.20. The third-order valence-electron chi connectivity index (χ3n) is 3.76. The van der Waals surface area contributed by atoms with E-state index in [1.165, 1.54) is 0 Å². The molecule has 0 spiro atoms. The topological polar surface area (TPSA) is 41.1 Å². The molecule has 1 fully saturated rings. The summed E-state index contributed by atoms with van der Waals surface area (Å²) in [5.74, 6) is 0.152. The smallest absolute Gasteiger partial charge is 0.231 e. The Labute approximate surface area is 123 Å². The third kappa shape index (κ3) is 3.57. The van der Waals surface area contributed by atoms with Crippen LogP contribution in [0.5, 0.6) is 0 Å². The number of hydrogen-bond donors (Lipinski definition) is 2. The molecule has 1 aromatic rings. The van der Waals surface area contributed by atoms with E-state index in [0.717, 1.165) is 48.9 Å². The Balaban J connectivity index is 2.11. The van der Waals surface area contributed by atoms with Gasteiger partial charge in [-0.3, -0.25) is 4.79 Å². The molecule has 0 aliphatic carbocycles. The molecular formula is C15H21BrN2O. The van der Waals surface area contributed by atoms with Crippen molar-refractivity contribution < 1.29 is 4.79 Å². The van der Waals surface area contributed by atoms with E-state index < -0.39 is 0 Å². The number of halogens is 1. The zero-order valence-electron chi connectivity index (χ0n) is 11.3. The van der Waals surface area contributed by atoms with Gasteiger partial charge in [0.15, 0.2) is 0 Å². The van der Waals surface area contributed by atoms with Crippen LogP contribution in [0.1, 0.15) is 32.6 Å². The van der Waals surface area contributed by atoms with Crippen molar-refractivity contribution in [3.63, 3.8) is 0 Å². The predicted molar refractivity (Wildman–Crippen MR) is 82.2 cm³/mol. The van der Waals surface area contributed by atoms with E-state index >= 15 is 0 Å². The first kappa shape index (κ1) is 14.5. The van der Waals surface area contributed by atoms with Crippen LogP contribution in [0.15, 0.2) is 28.7 Å². The maximum Gasteiger partial charge on any atom is 0.231 e. The van der Waals surface area contributed by atoms with Crippen LogP contribution in [0.25, 0.3) is 0 Å². The standard InChI is InChI=1S/C15H21BrN2O/c1-2-7-15(8-4-9-17-11-15)14(19)18-13-6-3-5-12(16)10-13/h3,5-6,10,17H,2,4,7-9,11H2,1H3,(H,18,19). The number of carbonyl (C=O) groups excluding carboxylic acids is 1. The minimum atomic E-state index is -0.241. The highest BCUT2D eigenvalue weighted by atomic mass is 79.9. The minimum absolute atomic E-state index is 0.152. The molecule has 1 amide bonds. The molecule has 1 aliphatic heterocycles. The van der Waals surface area contributed by atoms with Gasteiger partial charge in [-0.05, 0) is 44.0 Å². The second-order valence-electron chi connectivity index (χ2n) is 5.28.